The van der Waals surface area contributed by atoms with Crippen molar-refractivity contribution in [2.24, 2.45) is 11.7 Å². The number of nitrogens with zero attached hydrogens (tertiary/aromatic N) is 2. The largest absolute Gasteiger partial charge is 0.416 e. The lowest BCUT2D eigenvalue weighted by Crippen LogP contribution is -2.62. The molecule has 1 aromatic carbocycles. The van der Waals surface area contributed by atoms with Crippen molar-refractivity contribution in [1.29, 1.82) is 0 Å². The number of carbonyl (C=O) groups excluding carboxylic acids is 2. The van der Waals surface area contributed by atoms with Crippen LogP contribution in [-0.2, 0) is 17.5 Å². The Kier molecular flexibility index (Phi) is 5.27. The Morgan fingerprint density at radius 2 is 1.89 bits per heavy atom. The summed E-state index contributed by atoms with van der Waals surface area (Å²) in [5, 5.41) is 3.03. The molecule has 0 spiro atoms. The summed E-state index contributed by atoms with van der Waals surface area (Å²) in [4.78, 5) is 26.7. The smallest absolute Gasteiger partial charge is 0.369 e. The Morgan fingerprint density at radius 3 is 2.44 bits per heavy atom. The normalized spacial score (nSPS) is 20.7. The topological polar surface area (TPSA) is 78.7 Å². The van der Waals surface area contributed by atoms with Gasteiger partial charge in [-0.05, 0) is 18.6 Å². The van der Waals surface area contributed by atoms with E-state index in [-0.39, 0.29) is 30.1 Å². The Labute approximate surface area is 153 Å². The van der Waals surface area contributed by atoms with Gasteiger partial charge in [-0.2, -0.15) is 13.2 Å². The van der Waals surface area contributed by atoms with Gasteiger partial charge in [-0.25, -0.2) is 9.18 Å². The molecule has 148 valence electrons. The number of alkyl halides is 3. The highest BCUT2D eigenvalue weighted by molar-refractivity contribution is 5.80. The molecule has 27 heavy (non-hydrogen) atoms. The second kappa shape index (κ2) is 7.34. The molecular formula is C17H20F4N4O2. The number of urea groups is 1. The Bertz CT molecular complexity index is 734. The first kappa shape index (κ1) is 19.4. The van der Waals surface area contributed by atoms with Crippen LogP contribution in [0.15, 0.2) is 18.2 Å². The van der Waals surface area contributed by atoms with E-state index >= 15 is 0 Å². The fraction of sp³-hybridized carbons (Fsp3) is 0.529. The van der Waals surface area contributed by atoms with Crippen LogP contribution in [0.1, 0.15) is 17.5 Å². The van der Waals surface area contributed by atoms with Gasteiger partial charge in [0.2, 0.25) is 5.91 Å². The summed E-state index contributed by atoms with van der Waals surface area (Å²) < 4.78 is 51.4. The lowest BCUT2D eigenvalue weighted by molar-refractivity contribution is -0.137. The fourth-order valence-electron chi connectivity index (χ4n) is 3.25. The van der Waals surface area contributed by atoms with Crippen LogP contribution in [0.5, 0.6) is 0 Å². The number of halogens is 4. The quantitative estimate of drug-likeness (QED) is 0.769. The Morgan fingerprint density at radius 1 is 1.19 bits per heavy atom. The average Bonchev–Trinajstić information content (AvgIpc) is 3.03. The lowest BCUT2D eigenvalue weighted by atomic mass is 10.1. The molecule has 2 fully saturated rings. The number of amides is 3. The Hall–Kier alpha value is -2.36. The second-order valence-corrected chi connectivity index (χ2v) is 6.90. The lowest BCUT2D eigenvalue weighted by Gasteiger charge is -2.41. The van der Waals surface area contributed by atoms with E-state index in [0.717, 1.165) is 12.1 Å². The van der Waals surface area contributed by atoms with Crippen molar-refractivity contribution < 1.29 is 27.2 Å². The van der Waals surface area contributed by atoms with Crippen LogP contribution in [-0.4, -0.2) is 54.0 Å². The standard InChI is InChI=1S/C17H20F4N4O2/c18-14-5-12(17(19,20)21)2-1-10(14)6-23-13-8-25(9-13)16(27)24-4-3-11(7-24)15(22)26/h1-2,5,11,13,23H,3-4,6-9H2,(H2,22,26)/t11-/m0/s1. The monoisotopic (exact) mass is 388 g/mol. The van der Waals surface area contributed by atoms with Gasteiger partial charge in [0.25, 0.3) is 0 Å². The maximum atomic E-state index is 13.8. The van der Waals surface area contributed by atoms with Crippen LogP contribution in [0.3, 0.4) is 0 Å². The molecule has 2 saturated heterocycles. The molecule has 1 atom stereocenters. The number of hydrogen-bond acceptors (Lipinski definition) is 3. The van der Waals surface area contributed by atoms with E-state index in [2.05, 4.69) is 5.32 Å². The van der Waals surface area contributed by atoms with Crippen LogP contribution in [0.2, 0.25) is 0 Å². The minimum absolute atomic E-state index is 0.0646. The number of nitrogens with two attached hydrogens (primary N) is 1. The predicted octanol–water partition coefficient (Wildman–Crippen LogP) is 1.55. The molecule has 1 aromatic rings. The molecule has 0 aliphatic carbocycles. The molecule has 0 saturated carbocycles. The zero-order chi connectivity index (χ0) is 19.8. The first-order chi connectivity index (χ1) is 12.6. The van der Waals surface area contributed by atoms with Gasteiger partial charge in [0.15, 0.2) is 0 Å². The molecule has 3 N–H and O–H groups in total. The maximum Gasteiger partial charge on any atom is 0.416 e. The number of benzene rings is 1. The number of likely N-dealkylation sites (tertiary alicyclic amines) is 2. The number of primary amides is 1. The van der Waals surface area contributed by atoms with Gasteiger partial charge in [-0.3, -0.25) is 4.79 Å². The molecular weight excluding hydrogens is 368 g/mol. The van der Waals surface area contributed by atoms with Crippen molar-refractivity contribution >= 4 is 11.9 Å². The molecule has 0 unspecified atom stereocenters. The molecule has 2 aliphatic rings. The van der Waals surface area contributed by atoms with Crippen molar-refractivity contribution in [3.63, 3.8) is 0 Å². The zero-order valence-corrected chi connectivity index (χ0v) is 14.4. The van der Waals surface area contributed by atoms with Gasteiger partial charge in [-0.1, -0.05) is 6.07 Å². The van der Waals surface area contributed by atoms with E-state index in [1.165, 1.54) is 0 Å². The molecule has 0 radical (unpaired) electrons. The van der Waals surface area contributed by atoms with E-state index in [9.17, 15) is 27.2 Å². The Balaban J connectivity index is 1.45. The van der Waals surface area contributed by atoms with E-state index in [1.807, 2.05) is 0 Å². The fourth-order valence-corrected chi connectivity index (χ4v) is 3.25. The van der Waals surface area contributed by atoms with Crippen molar-refractivity contribution in [3.8, 4) is 0 Å². The van der Waals surface area contributed by atoms with Crippen molar-refractivity contribution in [2.45, 2.75) is 25.2 Å². The highest BCUT2D eigenvalue weighted by atomic mass is 19.4. The number of nitrogens with one attached hydrogen (secondary N) is 1. The van der Waals surface area contributed by atoms with Gasteiger partial charge < -0.3 is 20.9 Å². The number of rotatable bonds is 4. The van der Waals surface area contributed by atoms with Crippen molar-refractivity contribution in [1.82, 2.24) is 15.1 Å². The molecule has 6 nitrogen and oxygen atoms in total. The molecule has 0 aromatic heterocycles. The van der Waals surface area contributed by atoms with Crippen LogP contribution >= 0.6 is 0 Å². The first-order valence-corrected chi connectivity index (χ1v) is 8.57. The summed E-state index contributed by atoms with van der Waals surface area (Å²) in [6.07, 6.45) is -4.02. The molecule has 3 rings (SSSR count). The highest BCUT2D eigenvalue weighted by Gasteiger charge is 2.37. The summed E-state index contributed by atoms with van der Waals surface area (Å²) in [5.74, 6) is -1.64. The summed E-state index contributed by atoms with van der Waals surface area (Å²) >= 11 is 0. The van der Waals surface area contributed by atoms with Crippen molar-refractivity contribution in [3.05, 3.63) is 35.1 Å². The molecule has 2 aliphatic heterocycles. The first-order valence-electron chi connectivity index (χ1n) is 8.57. The van der Waals surface area contributed by atoms with Crippen LogP contribution in [0, 0.1) is 11.7 Å². The van der Waals surface area contributed by atoms with Gasteiger partial charge in [0.1, 0.15) is 5.82 Å². The third kappa shape index (κ3) is 4.32. The summed E-state index contributed by atoms with van der Waals surface area (Å²) in [6.45, 7) is 1.71. The van der Waals surface area contributed by atoms with Crippen molar-refractivity contribution in [2.75, 3.05) is 26.2 Å². The van der Waals surface area contributed by atoms with Crippen LogP contribution < -0.4 is 11.1 Å². The summed E-state index contributed by atoms with van der Waals surface area (Å²) in [5.41, 5.74) is 4.36. The zero-order valence-electron chi connectivity index (χ0n) is 14.4. The minimum atomic E-state index is -4.58. The molecule has 10 heteroatoms. The van der Waals surface area contributed by atoms with Gasteiger partial charge in [0.05, 0.1) is 11.5 Å². The third-order valence-electron chi connectivity index (χ3n) is 4.97. The van der Waals surface area contributed by atoms with E-state index in [4.69, 9.17) is 5.73 Å². The van der Waals surface area contributed by atoms with Gasteiger partial charge in [0, 0.05) is 44.3 Å². The molecule has 3 amide bonds. The van der Waals surface area contributed by atoms with E-state index in [0.29, 0.717) is 38.7 Å². The summed E-state index contributed by atoms with van der Waals surface area (Å²) in [7, 11) is 0. The third-order valence-corrected chi connectivity index (χ3v) is 4.97. The summed E-state index contributed by atoms with van der Waals surface area (Å²) in [6, 6.07) is 2.21. The minimum Gasteiger partial charge on any atom is -0.369 e. The highest BCUT2D eigenvalue weighted by Crippen LogP contribution is 2.30. The number of hydrogen-bond donors (Lipinski definition) is 2. The predicted molar refractivity (Wildman–Crippen MR) is 87.9 cm³/mol. The van der Waals surface area contributed by atoms with E-state index < -0.39 is 23.5 Å². The van der Waals surface area contributed by atoms with E-state index in [1.54, 1.807) is 9.80 Å². The maximum absolute atomic E-state index is 13.8. The van der Waals surface area contributed by atoms with Gasteiger partial charge >= 0.3 is 12.2 Å². The molecule has 0 bridgehead atoms. The number of carbonyl (C=O) groups is 2. The SMILES string of the molecule is NC(=O)[C@H]1CCN(C(=O)N2CC(NCc3ccc(C(F)(F)F)cc3F)C2)C1. The van der Waals surface area contributed by atoms with Crippen LogP contribution in [0.25, 0.3) is 0 Å². The van der Waals surface area contributed by atoms with Crippen LogP contribution in [0.4, 0.5) is 22.4 Å². The van der Waals surface area contributed by atoms with Gasteiger partial charge in [-0.15, -0.1) is 0 Å². The average molecular weight is 388 g/mol. The second-order valence-electron chi connectivity index (χ2n) is 6.90. The molecule has 2 heterocycles.